The van der Waals surface area contributed by atoms with Crippen LogP contribution in [0.1, 0.15) is 28.8 Å². The molecule has 0 saturated carbocycles. The molecule has 6 nitrogen and oxygen atoms in total. The van der Waals surface area contributed by atoms with Crippen molar-refractivity contribution in [2.45, 2.75) is 37.4 Å². The molecule has 0 N–H and O–H groups in total. The Labute approximate surface area is 169 Å². The lowest BCUT2D eigenvalue weighted by Gasteiger charge is -2.12. The zero-order valence-corrected chi connectivity index (χ0v) is 16.7. The number of fused-ring (bicyclic) bond motifs is 5. The van der Waals surface area contributed by atoms with Gasteiger partial charge in [0.15, 0.2) is 5.16 Å². The Morgan fingerprint density at radius 2 is 2.00 bits per heavy atom. The lowest BCUT2D eigenvalue weighted by atomic mass is 9.97. The third-order valence-electron chi connectivity index (χ3n) is 5.12. The van der Waals surface area contributed by atoms with Crippen molar-refractivity contribution in [2.24, 2.45) is 0 Å². The fraction of sp³-hybridized carbons (Fsp3) is 0.300. The average Bonchev–Trinajstić information content (AvgIpc) is 3.31. The van der Waals surface area contributed by atoms with Crippen LogP contribution >= 0.6 is 23.1 Å². The largest absolute Gasteiger partial charge is 0.272 e. The summed E-state index contributed by atoms with van der Waals surface area (Å²) in [6, 6.07) is 12.1. The predicted octanol–water partition coefficient (Wildman–Crippen LogP) is 3.65. The van der Waals surface area contributed by atoms with E-state index in [9.17, 15) is 4.79 Å². The van der Waals surface area contributed by atoms with Gasteiger partial charge >= 0.3 is 0 Å². The molecule has 1 aliphatic rings. The van der Waals surface area contributed by atoms with Crippen LogP contribution in [-0.4, -0.2) is 24.9 Å². The molecule has 1 aromatic carbocycles. The molecular formula is C20H17N5OS2. The first-order chi connectivity index (χ1) is 13.8. The summed E-state index contributed by atoms with van der Waals surface area (Å²) >= 11 is 3.04. The van der Waals surface area contributed by atoms with Crippen LogP contribution in [-0.2, 0) is 19.4 Å². The Balaban J connectivity index is 1.82. The molecule has 0 spiro atoms. The van der Waals surface area contributed by atoms with Crippen LogP contribution in [0.15, 0.2) is 40.3 Å². The van der Waals surface area contributed by atoms with E-state index in [1.54, 1.807) is 15.9 Å². The van der Waals surface area contributed by atoms with Gasteiger partial charge in [0.2, 0.25) is 5.78 Å². The van der Waals surface area contributed by atoms with E-state index < -0.39 is 0 Å². The summed E-state index contributed by atoms with van der Waals surface area (Å²) < 4.78 is 3.70. The van der Waals surface area contributed by atoms with Crippen LogP contribution in [0.3, 0.4) is 0 Å². The maximum atomic E-state index is 13.5. The van der Waals surface area contributed by atoms with E-state index in [4.69, 9.17) is 5.26 Å². The summed E-state index contributed by atoms with van der Waals surface area (Å²) in [7, 11) is 0. The average molecular weight is 408 g/mol. The number of aromatic nitrogens is 4. The molecule has 28 heavy (non-hydrogen) atoms. The molecule has 0 saturated heterocycles. The number of hydrogen-bond acceptors (Lipinski definition) is 6. The monoisotopic (exact) mass is 407 g/mol. The zero-order chi connectivity index (χ0) is 19.1. The van der Waals surface area contributed by atoms with E-state index in [1.165, 1.54) is 28.6 Å². The molecule has 1 aliphatic carbocycles. The summed E-state index contributed by atoms with van der Waals surface area (Å²) in [5, 5.41) is 19.1. The summed E-state index contributed by atoms with van der Waals surface area (Å²) in [5.41, 5.74) is 2.25. The summed E-state index contributed by atoms with van der Waals surface area (Å²) in [5.74, 6) is 0.839. The van der Waals surface area contributed by atoms with Crippen molar-refractivity contribution in [3.8, 4) is 6.07 Å². The molecule has 3 heterocycles. The lowest BCUT2D eigenvalue weighted by molar-refractivity contribution is 0.698. The molecule has 3 aromatic heterocycles. The maximum absolute atomic E-state index is 13.5. The Hall–Kier alpha value is -2.63. The maximum Gasteiger partial charge on any atom is 0.264 e. The van der Waals surface area contributed by atoms with Gasteiger partial charge in [0.1, 0.15) is 4.83 Å². The number of nitrogens with zero attached hydrogens (tertiary/aromatic N) is 5. The molecule has 0 atom stereocenters. The first-order valence-electron chi connectivity index (χ1n) is 9.24. The normalized spacial score (nSPS) is 13.7. The number of rotatable bonds is 4. The third kappa shape index (κ3) is 2.74. The van der Waals surface area contributed by atoms with Gasteiger partial charge in [0.05, 0.1) is 23.8 Å². The molecule has 8 heteroatoms. The highest BCUT2D eigenvalue weighted by molar-refractivity contribution is 7.99. The van der Waals surface area contributed by atoms with Crippen LogP contribution in [0.4, 0.5) is 0 Å². The number of hydrogen-bond donors (Lipinski definition) is 0. The second kappa shape index (κ2) is 7.08. The van der Waals surface area contributed by atoms with Crippen LogP contribution in [0.5, 0.6) is 0 Å². The molecule has 0 unspecified atom stereocenters. The fourth-order valence-electron chi connectivity index (χ4n) is 3.87. The fourth-order valence-corrected chi connectivity index (χ4v) is 5.90. The number of nitriles is 1. The van der Waals surface area contributed by atoms with E-state index in [-0.39, 0.29) is 5.56 Å². The van der Waals surface area contributed by atoms with Gasteiger partial charge in [0.25, 0.3) is 5.56 Å². The highest BCUT2D eigenvalue weighted by atomic mass is 32.2. The van der Waals surface area contributed by atoms with Crippen LogP contribution < -0.4 is 5.56 Å². The zero-order valence-electron chi connectivity index (χ0n) is 15.1. The summed E-state index contributed by atoms with van der Waals surface area (Å²) in [6.07, 6.45) is 4.26. The highest BCUT2D eigenvalue weighted by Gasteiger charge is 2.24. The van der Waals surface area contributed by atoms with Crippen molar-refractivity contribution in [1.82, 2.24) is 19.2 Å². The number of aryl methyl sites for hydroxylation is 2. The van der Waals surface area contributed by atoms with Crippen LogP contribution in [0.2, 0.25) is 0 Å². The molecule has 0 radical (unpaired) electrons. The lowest BCUT2D eigenvalue weighted by Crippen LogP contribution is -2.24. The van der Waals surface area contributed by atoms with Gasteiger partial charge in [-0.15, -0.1) is 21.5 Å². The van der Waals surface area contributed by atoms with Gasteiger partial charge in [0, 0.05) is 4.88 Å². The second-order valence-electron chi connectivity index (χ2n) is 6.83. The molecule has 4 aromatic rings. The molecule has 5 rings (SSSR count). The Kier molecular flexibility index (Phi) is 4.41. The molecule has 140 valence electrons. The van der Waals surface area contributed by atoms with E-state index in [1.807, 2.05) is 34.7 Å². The summed E-state index contributed by atoms with van der Waals surface area (Å²) in [6.45, 7) is 0.449. The van der Waals surface area contributed by atoms with Crippen molar-refractivity contribution >= 4 is 39.1 Å². The van der Waals surface area contributed by atoms with Crippen LogP contribution in [0, 0.1) is 11.3 Å². The van der Waals surface area contributed by atoms with Crippen molar-refractivity contribution in [1.29, 1.82) is 5.26 Å². The SMILES string of the molecule is N#CCSc1nnc2n(Cc3ccccc3)c(=O)c3c4c(sc3n12)CCCC4. The predicted molar refractivity (Wildman–Crippen MR) is 111 cm³/mol. The minimum atomic E-state index is 0.00925. The number of benzene rings is 1. The smallest absolute Gasteiger partial charge is 0.264 e. The summed E-state index contributed by atoms with van der Waals surface area (Å²) in [4.78, 5) is 15.8. The van der Waals surface area contributed by atoms with Crippen molar-refractivity contribution in [3.05, 3.63) is 56.7 Å². The van der Waals surface area contributed by atoms with Crippen molar-refractivity contribution in [2.75, 3.05) is 5.75 Å². The van der Waals surface area contributed by atoms with E-state index >= 15 is 0 Å². The van der Waals surface area contributed by atoms with Gasteiger partial charge in [-0.05, 0) is 36.8 Å². The molecule has 0 amide bonds. The first kappa shape index (κ1) is 17.5. The van der Waals surface area contributed by atoms with Crippen molar-refractivity contribution < 1.29 is 0 Å². The third-order valence-corrected chi connectivity index (χ3v) is 7.19. The Morgan fingerprint density at radius 3 is 2.82 bits per heavy atom. The van der Waals surface area contributed by atoms with E-state index in [0.717, 1.165) is 35.0 Å². The molecule has 0 aliphatic heterocycles. The van der Waals surface area contributed by atoms with Crippen LogP contribution in [0.25, 0.3) is 16.0 Å². The second-order valence-corrected chi connectivity index (χ2v) is 8.86. The molecule has 0 bridgehead atoms. The van der Waals surface area contributed by atoms with E-state index in [0.29, 0.717) is 23.2 Å². The standard InChI is InChI=1S/C20H17N5OS2/c21-10-11-27-20-23-22-19-24(12-13-6-2-1-3-7-13)17(26)16-14-8-4-5-9-15(14)28-18(16)25(19)20/h1-3,6-7H,4-5,8-9,11-12H2. The topological polar surface area (TPSA) is 76.0 Å². The Bertz CT molecular complexity index is 1280. The van der Waals surface area contributed by atoms with Gasteiger partial charge in [-0.1, -0.05) is 42.1 Å². The van der Waals surface area contributed by atoms with E-state index in [2.05, 4.69) is 16.3 Å². The number of thioether (sulfide) groups is 1. The van der Waals surface area contributed by atoms with Crippen molar-refractivity contribution in [3.63, 3.8) is 0 Å². The minimum Gasteiger partial charge on any atom is -0.272 e. The van der Waals surface area contributed by atoms with Gasteiger partial charge in [-0.3, -0.25) is 9.36 Å². The highest BCUT2D eigenvalue weighted by Crippen LogP contribution is 2.36. The number of thiophene rings is 1. The van der Waals surface area contributed by atoms with Gasteiger partial charge < -0.3 is 0 Å². The molecule has 0 fully saturated rings. The molecular weight excluding hydrogens is 390 g/mol. The van der Waals surface area contributed by atoms with Gasteiger partial charge in [-0.25, -0.2) is 4.40 Å². The van der Waals surface area contributed by atoms with Gasteiger partial charge in [-0.2, -0.15) is 5.26 Å². The first-order valence-corrected chi connectivity index (χ1v) is 11.0. The quantitative estimate of drug-likeness (QED) is 0.483. The Morgan fingerprint density at radius 1 is 1.18 bits per heavy atom. The minimum absolute atomic E-state index is 0.00925.